The van der Waals surface area contributed by atoms with E-state index in [4.69, 9.17) is 9.47 Å². The smallest absolute Gasteiger partial charge is 0.307 e. The Bertz CT molecular complexity index is 700. The predicted molar refractivity (Wildman–Crippen MR) is 95.4 cm³/mol. The number of nitrogens with zero attached hydrogens (tertiary/aromatic N) is 1. The van der Waals surface area contributed by atoms with Crippen LogP contribution in [-0.4, -0.2) is 37.0 Å². The number of methoxy groups -OCH3 is 1. The van der Waals surface area contributed by atoms with Gasteiger partial charge in [-0.2, -0.15) is 0 Å². The topological polar surface area (TPSA) is 55.8 Å². The van der Waals surface area contributed by atoms with Crippen LogP contribution < -0.4 is 4.74 Å². The largest absolute Gasteiger partial charge is 0.496 e. The van der Waals surface area contributed by atoms with Gasteiger partial charge in [-0.25, -0.2) is 0 Å². The molecule has 0 heterocycles. The van der Waals surface area contributed by atoms with Crippen molar-refractivity contribution in [2.75, 3.05) is 20.3 Å². The second kappa shape index (κ2) is 9.47. The third-order valence-corrected chi connectivity index (χ3v) is 3.73. The summed E-state index contributed by atoms with van der Waals surface area (Å²) in [7, 11) is 1.53. The highest BCUT2D eigenvalue weighted by Crippen LogP contribution is 2.20. The van der Waals surface area contributed by atoms with E-state index in [0.717, 1.165) is 5.56 Å². The molecule has 0 aliphatic heterocycles. The van der Waals surface area contributed by atoms with Gasteiger partial charge in [0.05, 0.1) is 25.7 Å². The van der Waals surface area contributed by atoms with Gasteiger partial charge in [-0.1, -0.05) is 42.5 Å². The number of ether oxygens (including phenoxy) is 2. The van der Waals surface area contributed by atoms with Crippen LogP contribution in [0.25, 0.3) is 0 Å². The Morgan fingerprint density at radius 3 is 2.36 bits per heavy atom. The van der Waals surface area contributed by atoms with Crippen LogP contribution in [0.2, 0.25) is 0 Å². The number of benzene rings is 2. The van der Waals surface area contributed by atoms with Crippen molar-refractivity contribution in [1.82, 2.24) is 4.90 Å². The summed E-state index contributed by atoms with van der Waals surface area (Å²) in [5, 5.41) is 0. The lowest BCUT2D eigenvalue weighted by Gasteiger charge is -2.23. The molecule has 132 valence electrons. The van der Waals surface area contributed by atoms with E-state index in [1.807, 2.05) is 36.4 Å². The number of esters is 1. The number of carbonyl (C=O) groups is 2. The quantitative estimate of drug-likeness (QED) is 0.692. The number of hydrogen-bond acceptors (Lipinski definition) is 4. The highest BCUT2D eigenvalue weighted by molar-refractivity contribution is 5.97. The lowest BCUT2D eigenvalue weighted by molar-refractivity contribution is -0.143. The first-order valence-electron chi connectivity index (χ1n) is 8.27. The molecule has 0 aliphatic rings. The summed E-state index contributed by atoms with van der Waals surface area (Å²) in [5.41, 5.74) is 1.47. The van der Waals surface area contributed by atoms with Crippen molar-refractivity contribution in [1.29, 1.82) is 0 Å². The first-order valence-corrected chi connectivity index (χ1v) is 8.27. The summed E-state index contributed by atoms with van der Waals surface area (Å²) in [5.74, 6) is 0.0284. The minimum Gasteiger partial charge on any atom is -0.496 e. The van der Waals surface area contributed by atoms with E-state index >= 15 is 0 Å². The summed E-state index contributed by atoms with van der Waals surface area (Å²) in [6.07, 6.45) is 0.154. The zero-order valence-corrected chi connectivity index (χ0v) is 14.6. The average molecular weight is 341 g/mol. The van der Waals surface area contributed by atoms with Crippen LogP contribution in [-0.2, 0) is 16.1 Å². The number of rotatable bonds is 8. The fourth-order valence-electron chi connectivity index (χ4n) is 2.51. The third kappa shape index (κ3) is 5.35. The second-order valence-corrected chi connectivity index (χ2v) is 5.47. The van der Waals surface area contributed by atoms with E-state index in [-0.39, 0.29) is 24.8 Å². The maximum atomic E-state index is 13.0. The van der Waals surface area contributed by atoms with Gasteiger partial charge in [-0.15, -0.1) is 0 Å². The van der Waals surface area contributed by atoms with E-state index < -0.39 is 0 Å². The minimum absolute atomic E-state index is 0.154. The SMILES string of the molecule is CCOC(=O)CCN(Cc1ccccc1)C(=O)c1ccccc1OC. The molecule has 2 rings (SSSR count). The first-order chi connectivity index (χ1) is 12.2. The number of carbonyl (C=O) groups excluding carboxylic acids is 2. The maximum Gasteiger partial charge on any atom is 0.307 e. The van der Waals surface area contributed by atoms with Crippen LogP contribution in [0, 0.1) is 0 Å². The summed E-state index contributed by atoms with van der Waals surface area (Å²) in [4.78, 5) is 26.3. The van der Waals surface area contributed by atoms with Crippen LogP contribution in [0.4, 0.5) is 0 Å². The summed E-state index contributed by atoms with van der Waals surface area (Å²) in [6, 6.07) is 16.8. The molecule has 5 nitrogen and oxygen atoms in total. The van der Waals surface area contributed by atoms with E-state index in [1.54, 1.807) is 30.0 Å². The van der Waals surface area contributed by atoms with Gasteiger partial charge >= 0.3 is 5.97 Å². The first kappa shape index (κ1) is 18.5. The fraction of sp³-hybridized carbons (Fsp3) is 0.300. The van der Waals surface area contributed by atoms with E-state index in [9.17, 15) is 9.59 Å². The Balaban J connectivity index is 2.20. The highest BCUT2D eigenvalue weighted by Gasteiger charge is 2.20. The van der Waals surface area contributed by atoms with Crippen molar-refractivity contribution in [3.63, 3.8) is 0 Å². The lowest BCUT2D eigenvalue weighted by Crippen LogP contribution is -2.33. The third-order valence-electron chi connectivity index (χ3n) is 3.73. The van der Waals surface area contributed by atoms with Gasteiger partial charge in [0.25, 0.3) is 5.91 Å². The van der Waals surface area contributed by atoms with Crippen molar-refractivity contribution in [3.05, 3.63) is 65.7 Å². The molecule has 0 saturated carbocycles. The number of hydrogen-bond donors (Lipinski definition) is 0. The molecule has 0 atom stereocenters. The molecule has 25 heavy (non-hydrogen) atoms. The molecule has 0 saturated heterocycles. The molecule has 0 unspecified atom stereocenters. The van der Waals surface area contributed by atoms with Crippen LogP contribution in [0.5, 0.6) is 5.75 Å². The Labute approximate surface area is 148 Å². The van der Waals surface area contributed by atoms with Crippen LogP contribution in [0.1, 0.15) is 29.3 Å². The molecule has 0 spiro atoms. The molecule has 0 bridgehead atoms. The van der Waals surface area contributed by atoms with Gasteiger partial charge in [0.1, 0.15) is 5.75 Å². The molecule has 2 aromatic rings. The van der Waals surface area contributed by atoms with E-state index in [2.05, 4.69) is 0 Å². The van der Waals surface area contributed by atoms with Crippen molar-refractivity contribution >= 4 is 11.9 Å². The molecule has 0 N–H and O–H groups in total. The number of para-hydroxylation sites is 1. The highest BCUT2D eigenvalue weighted by atomic mass is 16.5. The van der Waals surface area contributed by atoms with Gasteiger partial charge in [-0.05, 0) is 24.6 Å². The summed E-state index contributed by atoms with van der Waals surface area (Å²) >= 11 is 0. The van der Waals surface area contributed by atoms with Gasteiger partial charge in [0.15, 0.2) is 0 Å². The van der Waals surface area contributed by atoms with E-state index in [1.165, 1.54) is 7.11 Å². The molecule has 0 aliphatic carbocycles. The van der Waals surface area contributed by atoms with Crippen LogP contribution in [0.3, 0.4) is 0 Å². The molecule has 2 aromatic carbocycles. The van der Waals surface area contributed by atoms with Crippen molar-refractivity contribution in [2.24, 2.45) is 0 Å². The number of amides is 1. The zero-order chi connectivity index (χ0) is 18.1. The second-order valence-electron chi connectivity index (χ2n) is 5.47. The monoisotopic (exact) mass is 341 g/mol. The van der Waals surface area contributed by atoms with Gasteiger partial charge in [0.2, 0.25) is 0 Å². The molecule has 0 aromatic heterocycles. The molecule has 5 heteroatoms. The maximum absolute atomic E-state index is 13.0. The van der Waals surface area contributed by atoms with Crippen molar-refractivity contribution < 1.29 is 19.1 Å². The Morgan fingerprint density at radius 1 is 1.00 bits per heavy atom. The fourth-order valence-corrected chi connectivity index (χ4v) is 2.51. The summed E-state index contributed by atoms with van der Waals surface area (Å²) < 4.78 is 10.3. The van der Waals surface area contributed by atoms with Crippen molar-refractivity contribution in [3.8, 4) is 5.75 Å². The predicted octanol–water partition coefficient (Wildman–Crippen LogP) is 3.29. The molecule has 1 amide bonds. The summed E-state index contributed by atoms with van der Waals surface area (Å²) in [6.45, 7) is 2.79. The van der Waals surface area contributed by atoms with Crippen molar-refractivity contribution in [2.45, 2.75) is 19.9 Å². The lowest BCUT2D eigenvalue weighted by atomic mass is 10.1. The molecule has 0 fully saturated rings. The molecular formula is C20H23NO4. The Hall–Kier alpha value is -2.82. The minimum atomic E-state index is -0.312. The Morgan fingerprint density at radius 2 is 1.68 bits per heavy atom. The van der Waals surface area contributed by atoms with Crippen LogP contribution >= 0.6 is 0 Å². The van der Waals surface area contributed by atoms with Gasteiger partial charge < -0.3 is 14.4 Å². The van der Waals surface area contributed by atoms with E-state index in [0.29, 0.717) is 24.5 Å². The van der Waals surface area contributed by atoms with Crippen LogP contribution in [0.15, 0.2) is 54.6 Å². The van der Waals surface area contributed by atoms with Gasteiger partial charge in [-0.3, -0.25) is 9.59 Å². The average Bonchev–Trinajstić information content (AvgIpc) is 2.65. The molecular weight excluding hydrogens is 318 g/mol. The standard InChI is InChI=1S/C20H23NO4/c1-3-25-19(22)13-14-21(15-16-9-5-4-6-10-16)20(23)17-11-7-8-12-18(17)24-2/h4-12H,3,13-15H2,1-2H3. The van der Waals surface area contributed by atoms with Gasteiger partial charge in [0, 0.05) is 13.1 Å². The normalized spacial score (nSPS) is 10.2. The molecule has 0 radical (unpaired) electrons. The Kier molecular flexibility index (Phi) is 7.01. The zero-order valence-electron chi connectivity index (χ0n) is 14.6.